The SMILES string of the molecule is CN=C(NCCOCC(C)C)NCC1CCCO1.I. The van der Waals surface area contributed by atoms with E-state index in [1.54, 1.807) is 7.05 Å². The molecule has 5 nitrogen and oxygen atoms in total. The van der Waals surface area contributed by atoms with E-state index in [1.807, 2.05) is 0 Å². The summed E-state index contributed by atoms with van der Waals surface area (Å²) < 4.78 is 11.0. The van der Waals surface area contributed by atoms with Crippen LogP contribution in [0.15, 0.2) is 4.99 Å². The lowest BCUT2D eigenvalue weighted by atomic mass is 10.2. The maximum absolute atomic E-state index is 5.55. The number of hydrogen-bond donors (Lipinski definition) is 2. The molecule has 1 fully saturated rings. The Morgan fingerprint density at radius 3 is 2.79 bits per heavy atom. The molecule has 1 aliphatic rings. The molecule has 6 heteroatoms. The minimum absolute atomic E-state index is 0. The maximum atomic E-state index is 5.55. The average Bonchev–Trinajstić information content (AvgIpc) is 2.85. The number of hydrogen-bond acceptors (Lipinski definition) is 3. The third-order valence-electron chi connectivity index (χ3n) is 2.73. The standard InChI is InChI=1S/C13H27N3O2.HI/c1-11(2)10-17-8-6-15-13(14-3)16-9-12-5-4-7-18-12;/h11-12H,4-10H2,1-3H3,(H2,14,15,16);1H. The molecule has 1 heterocycles. The fourth-order valence-corrected chi connectivity index (χ4v) is 1.80. The Kier molecular flexibility index (Phi) is 11.7. The molecular formula is C13H28IN3O2. The van der Waals surface area contributed by atoms with Gasteiger partial charge in [0.1, 0.15) is 0 Å². The number of nitrogens with one attached hydrogen (secondary N) is 2. The first-order chi connectivity index (χ1) is 8.72. The fourth-order valence-electron chi connectivity index (χ4n) is 1.80. The highest BCUT2D eigenvalue weighted by molar-refractivity contribution is 14.0. The van der Waals surface area contributed by atoms with Gasteiger partial charge in [-0.15, -0.1) is 24.0 Å². The smallest absolute Gasteiger partial charge is 0.191 e. The number of rotatable bonds is 7. The van der Waals surface area contributed by atoms with E-state index in [0.29, 0.717) is 18.6 Å². The second-order valence-corrected chi connectivity index (χ2v) is 4.98. The summed E-state index contributed by atoms with van der Waals surface area (Å²) in [7, 11) is 1.78. The third kappa shape index (κ3) is 9.45. The quantitative estimate of drug-likeness (QED) is 0.303. The maximum Gasteiger partial charge on any atom is 0.191 e. The first-order valence-electron chi connectivity index (χ1n) is 6.86. The number of halogens is 1. The van der Waals surface area contributed by atoms with Crippen LogP contribution in [0.2, 0.25) is 0 Å². The van der Waals surface area contributed by atoms with Crippen LogP contribution >= 0.6 is 24.0 Å². The summed E-state index contributed by atoms with van der Waals surface area (Å²) in [4.78, 5) is 4.17. The van der Waals surface area contributed by atoms with E-state index in [9.17, 15) is 0 Å². The van der Waals surface area contributed by atoms with Gasteiger partial charge in [0.25, 0.3) is 0 Å². The van der Waals surface area contributed by atoms with Gasteiger partial charge in [-0.2, -0.15) is 0 Å². The van der Waals surface area contributed by atoms with Crippen LogP contribution in [-0.2, 0) is 9.47 Å². The minimum Gasteiger partial charge on any atom is -0.379 e. The fraction of sp³-hybridized carbons (Fsp3) is 0.923. The van der Waals surface area contributed by atoms with Crippen molar-refractivity contribution < 1.29 is 9.47 Å². The number of guanidine groups is 1. The van der Waals surface area contributed by atoms with Gasteiger partial charge in [0.15, 0.2) is 5.96 Å². The Balaban J connectivity index is 0.00000324. The van der Waals surface area contributed by atoms with Crippen molar-refractivity contribution in [1.82, 2.24) is 10.6 Å². The van der Waals surface area contributed by atoms with Crippen molar-refractivity contribution in [3.8, 4) is 0 Å². The van der Waals surface area contributed by atoms with Gasteiger partial charge in [0.05, 0.1) is 12.7 Å². The van der Waals surface area contributed by atoms with E-state index in [0.717, 1.165) is 38.7 Å². The third-order valence-corrected chi connectivity index (χ3v) is 2.73. The Morgan fingerprint density at radius 2 is 2.21 bits per heavy atom. The number of nitrogens with zero attached hydrogens (tertiary/aromatic N) is 1. The Labute approximate surface area is 133 Å². The van der Waals surface area contributed by atoms with Crippen LogP contribution < -0.4 is 10.6 Å². The van der Waals surface area contributed by atoms with Crippen molar-refractivity contribution >= 4 is 29.9 Å². The Hall–Kier alpha value is -0.0800. The molecule has 1 saturated heterocycles. The molecule has 0 aromatic heterocycles. The molecule has 114 valence electrons. The summed E-state index contributed by atoms with van der Waals surface area (Å²) >= 11 is 0. The molecule has 1 rings (SSSR count). The van der Waals surface area contributed by atoms with Crippen LogP contribution in [0.1, 0.15) is 26.7 Å². The molecule has 0 bridgehead atoms. The molecule has 0 aromatic carbocycles. The largest absolute Gasteiger partial charge is 0.379 e. The van der Waals surface area contributed by atoms with Gasteiger partial charge >= 0.3 is 0 Å². The van der Waals surface area contributed by atoms with E-state index < -0.39 is 0 Å². The predicted molar refractivity (Wildman–Crippen MR) is 89.4 cm³/mol. The molecular weight excluding hydrogens is 357 g/mol. The molecule has 1 atom stereocenters. The van der Waals surface area contributed by atoms with Crippen LogP contribution in [0.3, 0.4) is 0 Å². The zero-order valence-electron chi connectivity index (χ0n) is 12.3. The molecule has 1 unspecified atom stereocenters. The molecule has 0 radical (unpaired) electrons. The Bertz CT molecular complexity index is 244. The van der Waals surface area contributed by atoms with Crippen LogP contribution in [0.25, 0.3) is 0 Å². The molecule has 2 N–H and O–H groups in total. The lowest BCUT2D eigenvalue weighted by molar-refractivity contribution is 0.112. The van der Waals surface area contributed by atoms with E-state index >= 15 is 0 Å². The van der Waals surface area contributed by atoms with Crippen LogP contribution in [-0.4, -0.2) is 52.0 Å². The van der Waals surface area contributed by atoms with E-state index in [4.69, 9.17) is 9.47 Å². The first-order valence-corrected chi connectivity index (χ1v) is 6.86. The predicted octanol–water partition coefficient (Wildman–Crippen LogP) is 1.62. The van der Waals surface area contributed by atoms with Gasteiger partial charge in [-0.05, 0) is 18.8 Å². The molecule has 19 heavy (non-hydrogen) atoms. The van der Waals surface area contributed by atoms with Crippen molar-refractivity contribution in [2.45, 2.75) is 32.8 Å². The molecule has 0 amide bonds. The lowest BCUT2D eigenvalue weighted by Crippen LogP contribution is -2.42. The van der Waals surface area contributed by atoms with Gasteiger partial charge in [-0.1, -0.05) is 13.8 Å². The highest BCUT2D eigenvalue weighted by atomic mass is 127. The van der Waals surface area contributed by atoms with Crippen molar-refractivity contribution in [2.24, 2.45) is 10.9 Å². The zero-order chi connectivity index (χ0) is 13.2. The monoisotopic (exact) mass is 385 g/mol. The first kappa shape index (κ1) is 18.9. The average molecular weight is 385 g/mol. The topological polar surface area (TPSA) is 54.9 Å². The van der Waals surface area contributed by atoms with Gasteiger partial charge < -0.3 is 20.1 Å². The zero-order valence-corrected chi connectivity index (χ0v) is 14.6. The van der Waals surface area contributed by atoms with E-state index in [2.05, 4.69) is 29.5 Å². The summed E-state index contributed by atoms with van der Waals surface area (Å²) in [5.41, 5.74) is 0. The van der Waals surface area contributed by atoms with Gasteiger partial charge in [0, 0.05) is 33.4 Å². The second kappa shape index (κ2) is 11.7. The summed E-state index contributed by atoms with van der Waals surface area (Å²) in [6.45, 7) is 8.30. The number of ether oxygens (including phenoxy) is 2. The van der Waals surface area contributed by atoms with Gasteiger partial charge in [-0.3, -0.25) is 4.99 Å². The van der Waals surface area contributed by atoms with Gasteiger partial charge in [-0.25, -0.2) is 0 Å². The highest BCUT2D eigenvalue weighted by Crippen LogP contribution is 2.10. The number of aliphatic imine (C=N–C) groups is 1. The lowest BCUT2D eigenvalue weighted by Gasteiger charge is -2.15. The van der Waals surface area contributed by atoms with E-state index in [-0.39, 0.29) is 24.0 Å². The van der Waals surface area contributed by atoms with Crippen LogP contribution in [0.5, 0.6) is 0 Å². The van der Waals surface area contributed by atoms with Crippen LogP contribution in [0, 0.1) is 5.92 Å². The summed E-state index contributed by atoms with van der Waals surface area (Å²) in [6.07, 6.45) is 2.64. The van der Waals surface area contributed by atoms with Crippen LogP contribution in [0.4, 0.5) is 0 Å². The molecule has 1 aliphatic heterocycles. The van der Waals surface area contributed by atoms with Gasteiger partial charge in [0.2, 0.25) is 0 Å². The van der Waals surface area contributed by atoms with Crippen molar-refractivity contribution in [2.75, 3.05) is 40.0 Å². The minimum atomic E-state index is 0. The molecule has 0 aliphatic carbocycles. The summed E-state index contributed by atoms with van der Waals surface area (Å²) in [5.74, 6) is 1.40. The normalized spacial score (nSPS) is 19.4. The molecule has 0 saturated carbocycles. The second-order valence-electron chi connectivity index (χ2n) is 4.98. The molecule has 0 aromatic rings. The highest BCUT2D eigenvalue weighted by Gasteiger charge is 2.15. The van der Waals surface area contributed by atoms with E-state index in [1.165, 1.54) is 6.42 Å². The van der Waals surface area contributed by atoms with Crippen molar-refractivity contribution in [3.05, 3.63) is 0 Å². The van der Waals surface area contributed by atoms with Crippen molar-refractivity contribution in [3.63, 3.8) is 0 Å². The van der Waals surface area contributed by atoms with Crippen molar-refractivity contribution in [1.29, 1.82) is 0 Å². The summed E-state index contributed by atoms with van der Waals surface area (Å²) in [6, 6.07) is 0. The summed E-state index contributed by atoms with van der Waals surface area (Å²) in [5, 5.41) is 6.49. The molecule has 0 spiro atoms. The Morgan fingerprint density at radius 1 is 1.42 bits per heavy atom.